The lowest BCUT2D eigenvalue weighted by Crippen LogP contribution is -2.07. The number of hydrogen-bond acceptors (Lipinski definition) is 3. The normalized spacial score (nSPS) is 10.5. The average molecular weight is 296 g/mol. The molecule has 3 aromatic rings. The highest BCUT2D eigenvalue weighted by Gasteiger charge is 2.17. The van der Waals surface area contributed by atoms with Gasteiger partial charge in [-0.1, -0.05) is 0 Å². The Morgan fingerprint density at radius 3 is 2.41 bits per heavy atom. The molecule has 0 aliphatic rings. The number of amides is 1. The number of aromatic nitrogens is 3. The SMILES string of the molecule is CC(=O)Nc1n[nH]c(-c2ccc(F)cc2)c1-c1ccncc1. The van der Waals surface area contributed by atoms with E-state index in [0.29, 0.717) is 11.5 Å². The van der Waals surface area contributed by atoms with Crippen LogP contribution in [0.15, 0.2) is 48.8 Å². The molecule has 0 aliphatic carbocycles. The second-order valence-electron chi connectivity index (χ2n) is 4.75. The third kappa shape index (κ3) is 2.71. The molecule has 1 aromatic carbocycles. The Morgan fingerprint density at radius 2 is 1.77 bits per heavy atom. The highest BCUT2D eigenvalue weighted by molar-refractivity contribution is 5.96. The smallest absolute Gasteiger partial charge is 0.222 e. The average Bonchev–Trinajstić information content (AvgIpc) is 2.91. The van der Waals surface area contributed by atoms with Crippen molar-refractivity contribution in [2.45, 2.75) is 6.92 Å². The van der Waals surface area contributed by atoms with E-state index in [4.69, 9.17) is 0 Å². The number of nitrogens with zero attached hydrogens (tertiary/aromatic N) is 2. The van der Waals surface area contributed by atoms with Crippen LogP contribution in [-0.4, -0.2) is 21.1 Å². The molecule has 2 heterocycles. The summed E-state index contributed by atoms with van der Waals surface area (Å²) in [5, 5.41) is 9.76. The van der Waals surface area contributed by atoms with E-state index >= 15 is 0 Å². The number of halogens is 1. The minimum atomic E-state index is -0.309. The number of benzene rings is 1. The summed E-state index contributed by atoms with van der Waals surface area (Å²) in [6, 6.07) is 9.72. The van der Waals surface area contributed by atoms with Gasteiger partial charge in [-0.15, -0.1) is 0 Å². The molecule has 0 bridgehead atoms. The Morgan fingerprint density at radius 1 is 1.09 bits per heavy atom. The molecule has 2 aromatic heterocycles. The standard InChI is InChI=1S/C16H13FN4O/c1-10(22)19-16-14(11-6-8-18-9-7-11)15(20-21-16)12-2-4-13(17)5-3-12/h2-9H,1H3,(H2,19,20,21,22). The number of aromatic amines is 1. The largest absolute Gasteiger partial charge is 0.309 e. The van der Waals surface area contributed by atoms with Crippen molar-refractivity contribution in [3.63, 3.8) is 0 Å². The molecule has 110 valence electrons. The van der Waals surface area contributed by atoms with Crippen LogP contribution in [0.5, 0.6) is 0 Å². The van der Waals surface area contributed by atoms with E-state index in [0.717, 1.165) is 16.7 Å². The maximum Gasteiger partial charge on any atom is 0.222 e. The monoisotopic (exact) mass is 296 g/mol. The first-order valence-electron chi connectivity index (χ1n) is 6.67. The van der Waals surface area contributed by atoms with Crippen molar-refractivity contribution in [2.75, 3.05) is 5.32 Å². The van der Waals surface area contributed by atoms with Gasteiger partial charge in [-0.25, -0.2) is 4.39 Å². The van der Waals surface area contributed by atoms with Crippen molar-refractivity contribution in [3.8, 4) is 22.4 Å². The molecule has 0 saturated carbocycles. The van der Waals surface area contributed by atoms with Crippen LogP contribution < -0.4 is 5.32 Å². The van der Waals surface area contributed by atoms with Crippen molar-refractivity contribution >= 4 is 11.7 Å². The molecule has 0 fully saturated rings. The van der Waals surface area contributed by atoms with Crippen LogP contribution in [0.3, 0.4) is 0 Å². The molecule has 0 unspecified atom stereocenters. The molecule has 3 rings (SSSR count). The quantitative estimate of drug-likeness (QED) is 0.779. The van der Waals surface area contributed by atoms with Crippen molar-refractivity contribution in [3.05, 3.63) is 54.6 Å². The lowest BCUT2D eigenvalue weighted by Gasteiger charge is -2.06. The van der Waals surface area contributed by atoms with Crippen LogP contribution >= 0.6 is 0 Å². The summed E-state index contributed by atoms with van der Waals surface area (Å²) in [7, 11) is 0. The Bertz CT molecular complexity index is 797. The summed E-state index contributed by atoms with van der Waals surface area (Å²) in [5.41, 5.74) is 3.07. The van der Waals surface area contributed by atoms with Crippen molar-refractivity contribution in [1.82, 2.24) is 15.2 Å². The zero-order valence-corrected chi connectivity index (χ0v) is 11.8. The number of anilines is 1. The predicted octanol–water partition coefficient (Wildman–Crippen LogP) is 3.24. The summed E-state index contributed by atoms with van der Waals surface area (Å²) in [6.07, 6.45) is 3.32. The number of carbonyl (C=O) groups is 1. The van der Waals surface area contributed by atoms with E-state index in [-0.39, 0.29) is 11.7 Å². The summed E-state index contributed by atoms with van der Waals surface area (Å²) in [5.74, 6) is -0.0960. The number of nitrogens with one attached hydrogen (secondary N) is 2. The highest BCUT2D eigenvalue weighted by Crippen LogP contribution is 2.35. The van der Waals surface area contributed by atoms with Crippen LogP contribution in [0.2, 0.25) is 0 Å². The van der Waals surface area contributed by atoms with Gasteiger partial charge in [-0.3, -0.25) is 14.9 Å². The van der Waals surface area contributed by atoms with E-state index in [1.54, 1.807) is 24.5 Å². The molecule has 0 saturated heterocycles. The first-order valence-corrected chi connectivity index (χ1v) is 6.67. The first kappa shape index (κ1) is 13.9. The van der Waals surface area contributed by atoms with E-state index < -0.39 is 0 Å². The van der Waals surface area contributed by atoms with Crippen LogP contribution in [0.1, 0.15) is 6.92 Å². The van der Waals surface area contributed by atoms with E-state index in [9.17, 15) is 9.18 Å². The zero-order valence-electron chi connectivity index (χ0n) is 11.8. The van der Waals surface area contributed by atoms with Crippen molar-refractivity contribution in [2.24, 2.45) is 0 Å². The molecule has 0 atom stereocenters. The van der Waals surface area contributed by atoms with Gasteiger partial charge in [0.25, 0.3) is 0 Å². The third-order valence-electron chi connectivity index (χ3n) is 3.16. The Labute approximate surface area is 126 Å². The summed E-state index contributed by atoms with van der Waals surface area (Å²) >= 11 is 0. The van der Waals surface area contributed by atoms with Gasteiger partial charge < -0.3 is 5.32 Å². The fourth-order valence-corrected chi connectivity index (χ4v) is 2.22. The number of carbonyl (C=O) groups excluding carboxylic acids is 1. The molecule has 6 heteroatoms. The lowest BCUT2D eigenvalue weighted by atomic mass is 10.0. The lowest BCUT2D eigenvalue weighted by molar-refractivity contribution is -0.114. The zero-order chi connectivity index (χ0) is 15.5. The van der Waals surface area contributed by atoms with Crippen LogP contribution in [-0.2, 0) is 4.79 Å². The Hall–Kier alpha value is -3.02. The van der Waals surface area contributed by atoms with Gasteiger partial charge in [0.1, 0.15) is 5.82 Å². The molecule has 1 amide bonds. The van der Waals surface area contributed by atoms with E-state index in [1.165, 1.54) is 19.1 Å². The van der Waals surface area contributed by atoms with Gasteiger partial charge in [-0.05, 0) is 42.0 Å². The third-order valence-corrected chi connectivity index (χ3v) is 3.16. The van der Waals surface area contributed by atoms with E-state index in [1.807, 2.05) is 12.1 Å². The number of H-pyrrole nitrogens is 1. The number of hydrogen-bond donors (Lipinski definition) is 2. The summed E-state index contributed by atoms with van der Waals surface area (Å²) < 4.78 is 13.1. The molecule has 2 N–H and O–H groups in total. The predicted molar refractivity (Wildman–Crippen MR) is 81.5 cm³/mol. The minimum Gasteiger partial charge on any atom is -0.309 e. The summed E-state index contributed by atoms with van der Waals surface area (Å²) in [4.78, 5) is 15.4. The molecular formula is C16H13FN4O. The van der Waals surface area contributed by atoms with Gasteiger partial charge in [0.05, 0.1) is 11.3 Å². The molecule has 0 aliphatic heterocycles. The first-order chi connectivity index (χ1) is 10.6. The van der Waals surface area contributed by atoms with Gasteiger partial charge in [0, 0.05) is 24.9 Å². The van der Waals surface area contributed by atoms with Crippen LogP contribution in [0.4, 0.5) is 10.2 Å². The molecular weight excluding hydrogens is 283 g/mol. The van der Waals surface area contributed by atoms with Crippen molar-refractivity contribution < 1.29 is 9.18 Å². The number of pyridine rings is 1. The minimum absolute atomic E-state index is 0.215. The molecule has 22 heavy (non-hydrogen) atoms. The van der Waals surface area contributed by atoms with Crippen LogP contribution in [0, 0.1) is 5.82 Å². The fourth-order valence-electron chi connectivity index (χ4n) is 2.22. The van der Waals surface area contributed by atoms with Gasteiger partial charge in [0.2, 0.25) is 5.91 Å². The van der Waals surface area contributed by atoms with Crippen molar-refractivity contribution in [1.29, 1.82) is 0 Å². The molecule has 0 radical (unpaired) electrons. The second kappa shape index (κ2) is 5.77. The fraction of sp³-hybridized carbons (Fsp3) is 0.0625. The van der Waals surface area contributed by atoms with E-state index in [2.05, 4.69) is 20.5 Å². The van der Waals surface area contributed by atoms with Crippen LogP contribution in [0.25, 0.3) is 22.4 Å². The highest BCUT2D eigenvalue weighted by atomic mass is 19.1. The maximum absolute atomic E-state index is 13.1. The Kier molecular flexibility index (Phi) is 3.65. The van der Waals surface area contributed by atoms with Gasteiger partial charge >= 0.3 is 0 Å². The summed E-state index contributed by atoms with van der Waals surface area (Å²) in [6.45, 7) is 1.42. The Balaban J connectivity index is 2.16. The molecule has 0 spiro atoms. The molecule has 5 nitrogen and oxygen atoms in total. The number of rotatable bonds is 3. The second-order valence-corrected chi connectivity index (χ2v) is 4.75. The topological polar surface area (TPSA) is 70.7 Å². The van der Waals surface area contributed by atoms with Gasteiger partial charge in [0.15, 0.2) is 5.82 Å². The maximum atomic E-state index is 13.1. The van der Waals surface area contributed by atoms with Gasteiger partial charge in [-0.2, -0.15) is 5.10 Å².